The minimum Gasteiger partial charge on any atom is -0.314 e. The SMILES string of the molecule is CC(C)NCC1CCCCC1CC1CC2CCC1C2. The fourth-order valence-electron chi connectivity index (χ4n) is 5.30. The molecule has 3 saturated carbocycles. The highest BCUT2D eigenvalue weighted by Gasteiger charge is 2.41. The van der Waals surface area contributed by atoms with Crippen molar-refractivity contribution in [3.63, 3.8) is 0 Å². The smallest absolute Gasteiger partial charge is 0.00104 e. The van der Waals surface area contributed by atoms with Crippen LogP contribution in [0.25, 0.3) is 0 Å². The van der Waals surface area contributed by atoms with Crippen LogP contribution in [0.15, 0.2) is 0 Å². The van der Waals surface area contributed by atoms with E-state index in [4.69, 9.17) is 0 Å². The number of nitrogens with one attached hydrogen (secondary N) is 1. The standard InChI is InChI=1S/C18H33N/c1-13(2)19-12-17-6-4-3-5-15(17)11-18-10-14-7-8-16(18)9-14/h13-19H,3-12H2,1-2H3. The van der Waals surface area contributed by atoms with Crippen LogP contribution in [-0.4, -0.2) is 12.6 Å². The third kappa shape index (κ3) is 3.35. The van der Waals surface area contributed by atoms with E-state index in [1.165, 1.54) is 32.2 Å². The number of rotatable bonds is 5. The van der Waals surface area contributed by atoms with Crippen molar-refractivity contribution >= 4 is 0 Å². The van der Waals surface area contributed by atoms with Gasteiger partial charge in [0.25, 0.3) is 0 Å². The molecule has 110 valence electrons. The third-order valence-electron chi connectivity index (χ3n) is 6.34. The molecular weight excluding hydrogens is 230 g/mol. The van der Waals surface area contributed by atoms with Gasteiger partial charge in [-0.05, 0) is 68.2 Å². The molecule has 3 aliphatic carbocycles. The van der Waals surface area contributed by atoms with Gasteiger partial charge in [0.05, 0.1) is 0 Å². The van der Waals surface area contributed by atoms with Gasteiger partial charge in [-0.25, -0.2) is 0 Å². The van der Waals surface area contributed by atoms with Crippen LogP contribution in [0.5, 0.6) is 0 Å². The molecule has 0 spiro atoms. The average Bonchev–Trinajstić information content (AvgIpc) is 3.00. The summed E-state index contributed by atoms with van der Waals surface area (Å²) in [5.74, 6) is 5.40. The predicted octanol–water partition coefficient (Wildman–Crippen LogP) is 4.62. The van der Waals surface area contributed by atoms with Gasteiger partial charge >= 0.3 is 0 Å². The van der Waals surface area contributed by atoms with Gasteiger partial charge < -0.3 is 5.32 Å². The van der Waals surface area contributed by atoms with Crippen molar-refractivity contribution < 1.29 is 0 Å². The second kappa shape index (κ2) is 6.16. The van der Waals surface area contributed by atoms with E-state index in [9.17, 15) is 0 Å². The van der Waals surface area contributed by atoms with E-state index in [2.05, 4.69) is 19.2 Å². The summed E-state index contributed by atoms with van der Waals surface area (Å²) in [6.07, 6.45) is 13.9. The Hall–Kier alpha value is -0.0400. The van der Waals surface area contributed by atoms with Crippen LogP contribution in [0, 0.1) is 29.6 Å². The first kappa shape index (κ1) is 13.9. The Bertz CT molecular complexity index is 285. The summed E-state index contributed by atoms with van der Waals surface area (Å²) in [5, 5.41) is 3.70. The normalized spacial score (nSPS) is 42.2. The van der Waals surface area contributed by atoms with Crippen molar-refractivity contribution in [1.29, 1.82) is 0 Å². The summed E-state index contributed by atoms with van der Waals surface area (Å²) >= 11 is 0. The van der Waals surface area contributed by atoms with Gasteiger partial charge in [0, 0.05) is 6.04 Å². The first-order chi connectivity index (χ1) is 9.22. The molecule has 0 amide bonds. The Balaban J connectivity index is 1.52. The van der Waals surface area contributed by atoms with E-state index in [0.717, 1.165) is 29.6 Å². The first-order valence-corrected chi connectivity index (χ1v) is 8.95. The first-order valence-electron chi connectivity index (χ1n) is 8.95. The van der Waals surface area contributed by atoms with E-state index in [1.807, 2.05) is 0 Å². The summed E-state index contributed by atoms with van der Waals surface area (Å²) in [5.41, 5.74) is 0. The molecule has 19 heavy (non-hydrogen) atoms. The van der Waals surface area contributed by atoms with Crippen LogP contribution in [0.2, 0.25) is 0 Å². The lowest BCUT2D eigenvalue weighted by molar-refractivity contribution is 0.164. The van der Waals surface area contributed by atoms with E-state index >= 15 is 0 Å². The summed E-state index contributed by atoms with van der Waals surface area (Å²) < 4.78 is 0. The van der Waals surface area contributed by atoms with Gasteiger partial charge in [0.2, 0.25) is 0 Å². The van der Waals surface area contributed by atoms with Crippen molar-refractivity contribution in [3.05, 3.63) is 0 Å². The maximum atomic E-state index is 3.70. The van der Waals surface area contributed by atoms with E-state index in [0.29, 0.717) is 6.04 Å². The molecule has 1 nitrogen and oxygen atoms in total. The quantitative estimate of drug-likeness (QED) is 0.763. The largest absolute Gasteiger partial charge is 0.314 e. The fourth-order valence-corrected chi connectivity index (χ4v) is 5.30. The zero-order chi connectivity index (χ0) is 13.2. The topological polar surface area (TPSA) is 12.0 Å². The second-order valence-electron chi connectivity index (χ2n) is 8.04. The molecule has 1 N–H and O–H groups in total. The second-order valence-corrected chi connectivity index (χ2v) is 8.04. The molecule has 0 heterocycles. The molecule has 0 aliphatic heterocycles. The zero-order valence-corrected chi connectivity index (χ0v) is 13.0. The van der Waals surface area contributed by atoms with Gasteiger partial charge in [-0.2, -0.15) is 0 Å². The average molecular weight is 263 g/mol. The molecule has 0 aromatic carbocycles. The Morgan fingerprint density at radius 1 is 0.895 bits per heavy atom. The predicted molar refractivity (Wildman–Crippen MR) is 82.1 cm³/mol. The maximum Gasteiger partial charge on any atom is 0.00104 e. The van der Waals surface area contributed by atoms with Crippen LogP contribution in [0.1, 0.15) is 71.6 Å². The summed E-state index contributed by atoms with van der Waals surface area (Å²) in [4.78, 5) is 0. The van der Waals surface area contributed by atoms with Gasteiger partial charge in [0.1, 0.15) is 0 Å². The van der Waals surface area contributed by atoms with Crippen LogP contribution < -0.4 is 5.32 Å². The Morgan fingerprint density at radius 2 is 1.68 bits per heavy atom. The molecule has 2 bridgehead atoms. The molecule has 5 atom stereocenters. The molecule has 5 unspecified atom stereocenters. The molecule has 3 fully saturated rings. The van der Waals surface area contributed by atoms with Crippen molar-refractivity contribution in [2.45, 2.75) is 77.7 Å². The Morgan fingerprint density at radius 3 is 2.32 bits per heavy atom. The van der Waals surface area contributed by atoms with Crippen LogP contribution >= 0.6 is 0 Å². The van der Waals surface area contributed by atoms with Gasteiger partial charge in [0.15, 0.2) is 0 Å². The highest BCUT2D eigenvalue weighted by Crippen LogP contribution is 2.51. The van der Waals surface area contributed by atoms with Gasteiger partial charge in [-0.3, -0.25) is 0 Å². The van der Waals surface area contributed by atoms with Crippen molar-refractivity contribution in [2.75, 3.05) is 6.54 Å². The zero-order valence-electron chi connectivity index (χ0n) is 13.0. The Kier molecular flexibility index (Phi) is 4.51. The summed E-state index contributed by atoms with van der Waals surface area (Å²) in [6.45, 7) is 5.85. The van der Waals surface area contributed by atoms with Crippen LogP contribution in [-0.2, 0) is 0 Å². The third-order valence-corrected chi connectivity index (χ3v) is 6.34. The van der Waals surface area contributed by atoms with Crippen molar-refractivity contribution in [3.8, 4) is 0 Å². The number of hydrogen-bond donors (Lipinski definition) is 1. The minimum absolute atomic E-state index is 0.657. The molecule has 0 radical (unpaired) electrons. The maximum absolute atomic E-state index is 3.70. The van der Waals surface area contributed by atoms with Crippen molar-refractivity contribution in [2.24, 2.45) is 29.6 Å². The van der Waals surface area contributed by atoms with Crippen molar-refractivity contribution in [1.82, 2.24) is 5.32 Å². The molecule has 0 aromatic rings. The van der Waals surface area contributed by atoms with Gasteiger partial charge in [-0.1, -0.05) is 39.5 Å². The van der Waals surface area contributed by atoms with E-state index < -0.39 is 0 Å². The molecule has 1 heteroatoms. The lowest BCUT2D eigenvalue weighted by Crippen LogP contribution is -2.35. The molecular formula is C18H33N. The van der Waals surface area contributed by atoms with Gasteiger partial charge in [-0.15, -0.1) is 0 Å². The molecule has 3 aliphatic rings. The summed E-state index contributed by atoms with van der Waals surface area (Å²) in [7, 11) is 0. The van der Waals surface area contributed by atoms with E-state index in [-0.39, 0.29) is 0 Å². The highest BCUT2D eigenvalue weighted by atomic mass is 14.9. The molecule has 0 saturated heterocycles. The van der Waals surface area contributed by atoms with Crippen LogP contribution in [0.4, 0.5) is 0 Å². The number of fused-ring (bicyclic) bond motifs is 2. The lowest BCUT2D eigenvalue weighted by atomic mass is 9.72. The number of hydrogen-bond acceptors (Lipinski definition) is 1. The lowest BCUT2D eigenvalue weighted by Gasteiger charge is -2.36. The minimum atomic E-state index is 0.657. The van der Waals surface area contributed by atoms with E-state index in [1.54, 1.807) is 32.1 Å². The monoisotopic (exact) mass is 263 g/mol. The fraction of sp³-hybridized carbons (Fsp3) is 1.00. The van der Waals surface area contributed by atoms with Crippen LogP contribution in [0.3, 0.4) is 0 Å². The molecule has 3 rings (SSSR count). The Labute approximate surface area is 119 Å². The molecule has 0 aromatic heterocycles. The summed E-state index contributed by atoms with van der Waals surface area (Å²) in [6, 6.07) is 0.657. The highest BCUT2D eigenvalue weighted by molar-refractivity contribution is 4.92.